The summed E-state index contributed by atoms with van der Waals surface area (Å²) in [5, 5.41) is 5.54. The topological polar surface area (TPSA) is 38.6 Å². The van der Waals surface area contributed by atoms with Crippen molar-refractivity contribution in [2.75, 3.05) is 13.7 Å². The second-order valence-electron chi connectivity index (χ2n) is 5.19. The van der Waals surface area contributed by atoms with Crippen LogP contribution in [0.3, 0.4) is 0 Å². The number of nitrogens with zero attached hydrogens (tertiary/aromatic N) is 2. The highest BCUT2D eigenvalue weighted by Gasteiger charge is 2.33. The first-order valence-electron chi connectivity index (χ1n) is 7.01. The quantitative estimate of drug-likeness (QED) is 0.913. The van der Waals surface area contributed by atoms with Crippen molar-refractivity contribution in [2.24, 2.45) is 5.92 Å². The van der Waals surface area contributed by atoms with Crippen LogP contribution in [-0.2, 0) is 11.2 Å². The van der Waals surface area contributed by atoms with Gasteiger partial charge >= 0.3 is 0 Å². The minimum Gasteiger partial charge on any atom is -0.378 e. The third kappa shape index (κ3) is 2.55. The van der Waals surface area contributed by atoms with Gasteiger partial charge in [0.15, 0.2) is 4.96 Å². The molecule has 104 valence electrons. The Morgan fingerprint density at radius 3 is 3.26 bits per heavy atom. The van der Waals surface area contributed by atoms with E-state index in [1.165, 1.54) is 5.69 Å². The van der Waals surface area contributed by atoms with Crippen LogP contribution in [0.25, 0.3) is 4.96 Å². The predicted octanol–water partition coefficient (Wildman–Crippen LogP) is 2.34. The van der Waals surface area contributed by atoms with Crippen LogP contribution in [-0.4, -0.2) is 35.2 Å². The van der Waals surface area contributed by atoms with Gasteiger partial charge in [0.1, 0.15) is 0 Å². The first-order chi connectivity index (χ1) is 9.31. The molecule has 3 atom stereocenters. The Bertz CT molecular complexity index is 507. The molecule has 19 heavy (non-hydrogen) atoms. The summed E-state index contributed by atoms with van der Waals surface area (Å²) in [5.74, 6) is 0.606. The molecule has 3 heterocycles. The van der Waals surface area contributed by atoms with Crippen molar-refractivity contribution in [3.63, 3.8) is 0 Å². The lowest BCUT2D eigenvalue weighted by atomic mass is 9.88. The van der Waals surface area contributed by atoms with Crippen molar-refractivity contribution < 1.29 is 4.74 Å². The molecule has 0 bridgehead atoms. The lowest BCUT2D eigenvalue weighted by molar-refractivity contribution is 0.0782. The van der Waals surface area contributed by atoms with E-state index in [0.29, 0.717) is 18.1 Å². The van der Waals surface area contributed by atoms with Crippen LogP contribution in [0.1, 0.15) is 25.5 Å². The number of likely N-dealkylation sites (N-methyl/N-ethyl adjacent to an activating group) is 1. The Morgan fingerprint density at radius 2 is 2.53 bits per heavy atom. The minimum absolute atomic E-state index is 0.404. The van der Waals surface area contributed by atoms with Gasteiger partial charge in [-0.3, -0.25) is 4.40 Å². The molecular weight excluding hydrogens is 258 g/mol. The van der Waals surface area contributed by atoms with Gasteiger partial charge in [-0.1, -0.05) is 6.92 Å². The van der Waals surface area contributed by atoms with Crippen LogP contribution in [0.2, 0.25) is 0 Å². The highest BCUT2D eigenvalue weighted by molar-refractivity contribution is 7.15. The smallest absolute Gasteiger partial charge is 0.193 e. The standard InChI is InChI=1S/C14H21N3OS/c1-3-13-11(4-6-18-13)12(15-2)8-10-9-17-5-7-19-14(17)16-10/h5,7,9,11-13,15H,3-4,6,8H2,1-2H3. The lowest BCUT2D eigenvalue weighted by Crippen LogP contribution is -2.39. The fraction of sp³-hybridized carbons (Fsp3) is 0.643. The van der Waals surface area contributed by atoms with E-state index >= 15 is 0 Å². The molecule has 4 nitrogen and oxygen atoms in total. The summed E-state index contributed by atoms with van der Waals surface area (Å²) in [4.78, 5) is 5.77. The number of fused-ring (bicyclic) bond motifs is 1. The number of hydrogen-bond donors (Lipinski definition) is 1. The van der Waals surface area contributed by atoms with Gasteiger partial charge in [0.2, 0.25) is 0 Å². The summed E-state index contributed by atoms with van der Waals surface area (Å²) < 4.78 is 7.92. The highest BCUT2D eigenvalue weighted by Crippen LogP contribution is 2.28. The molecule has 0 radical (unpaired) electrons. The van der Waals surface area contributed by atoms with Crippen molar-refractivity contribution in [2.45, 2.75) is 38.3 Å². The molecule has 1 aliphatic rings. The van der Waals surface area contributed by atoms with E-state index < -0.39 is 0 Å². The van der Waals surface area contributed by atoms with Gasteiger partial charge in [0.25, 0.3) is 0 Å². The third-order valence-corrected chi connectivity index (χ3v) is 4.89. The van der Waals surface area contributed by atoms with E-state index in [-0.39, 0.29) is 0 Å². The molecule has 1 aliphatic heterocycles. The molecule has 0 spiro atoms. The van der Waals surface area contributed by atoms with Gasteiger partial charge in [0, 0.05) is 42.8 Å². The monoisotopic (exact) mass is 279 g/mol. The zero-order valence-corrected chi connectivity index (χ0v) is 12.3. The average molecular weight is 279 g/mol. The molecule has 0 saturated carbocycles. The van der Waals surface area contributed by atoms with E-state index in [4.69, 9.17) is 4.74 Å². The Balaban J connectivity index is 1.74. The molecule has 2 aromatic heterocycles. The van der Waals surface area contributed by atoms with Gasteiger partial charge in [0.05, 0.1) is 11.8 Å². The van der Waals surface area contributed by atoms with E-state index in [9.17, 15) is 0 Å². The Morgan fingerprint density at radius 1 is 1.63 bits per heavy atom. The fourth-order valence-electron chi connectivity index (χ4n) is 3.11. The number of aromatic nitrogens is 2. The molecule has 0 amide bonds. The van der Waals surface area contributed by atoms with Crippen LogP contribution in [0.4, 0.5) is 0 Å². The fourth-order valence-corrected chi connectivity index (χ4v) is 3.83. The van der Waals surface area contributed by atoms with Crippen LogP contribution in [0, 0.1) is 5.92 Å². The number of thiazole rings is 1. The van der Waals surface area contributed by atoms with Crippen molar-refractivity contribution in [1.82, 2.24) is 14.7 Å². The van der Waals surface area contributed by atoms with Crippen LogP contribution in [0.15, 0.2) is 17.8 Å². The summed E-state index contributed by atoms with van der Waals surface area (Å²) in [6.07, 6.45) is 7.86. The van der Waals surface area contributed by atoms with Crippen molar-refractivity contribution in [3.8, 4) is 0 Å². The van der Waals surface area contributed by atoms with Crippen LogP contribution < -0.4 is 5.32 Å². The first-order valence-corrected chi connectivity index (χ1v) is 7.89. The second-order valence-corrected chi connectivity index (χ2v) is 6.07. The summed E-state index contributed by atoms with van der Waals surface area (Å²) in [5.41, 5.74) is 1.17. The van der Waals surface area contributed by atoms with E-state index in [1.807, 2.05) is 7.05 Å². The lowest BCUT2D eigenvalue weighted by Gasteiger charge is -2.26. The Labute approximate surface area is 117 Å². The van der Waals surface area contributed by atoms with Gasteiger partial charge in [-0.25, -0.2) is 4.98 Å². The number of hydrogen-bond acceptors (Lipinski definition) is 4. The largest absolute Gasteiger partial charge is 0.378 e. The molecule has 1 N–H and O–H groups in total. The predicted molar refractivity (Wildman–Crippen MR) is 77.8 cm³/mol. The number of rotatable bonds is 5. The molecule has 3 unspecified atom stereocenters. The molecule has 1 fully saturated rings. The normalized spacial score (nSPS) is 25.2. The Hall–Kier alpha value is -0.910. The maximum Gasteiger partial charge on any atom is 0.193 e. The van der Waals surface area contributed by atoms with Crippen molar-refractivity contribution in [1.29, 1.82) is 0 Å². The molecule has 3 rings (SSSR count). The molecular formula is C14H21N3OS. The van der Waals surface area contributed by atoms with E-state index in [0.717, 1.165) is 30.8 Å². The number of ether oxygens (including phenoxy) is 1. The van der Waals surface area contributed by atoms with E-state index in [1.54, 1.807) is 11.3 Å². The zero-order valence-electron chi connectivity index (χ0n) is 11.5. The summed E-state index contributed by atoms with van der Waals surface area (Å²) in [6.45, 7) is 3.11. The van der Waals surface area contributed by atoms with Gasteiger partial charge in [-0.05, 0) is 19.9 Å². The molecule has 0 aliphatic carbocycles. The van der Waals surface area contributed by atoms with Gasteiger partial charge < -0.3 is 10.1 Å². The number of nitrogens with one attached hydrogen (secondary N) is 1. The maximum absolute atomic E-state index is 5.82. The third-order valence-electron chi connectivity index (χ3n) is 4.12. The highest BCUT2D eigenvalue weighted by atomic mass is 32.1. The summed E-state index contributed by atoms with van der Waals surface area (Å²) in [7, 11) is 2.05. The minimum atomic E-state index is 0.404. The SMILES string of the molecule is CCC1OCCC1C(Cc1cn2ccsc2n1)NC. The second kappa shape index (κ2) is 5.61. The summed E-state index contributed by atoms with van der Waals surface area (Å²) in [6, 6.07) is 0.456. The average Bonchev–Trinajstić information content (AvgIpc) is 3.10. The van der Waals surface area contributed by atoms with Gasteiger partial charge in [-0.15, -0.1) is 11.3 Å². The van der Waals surface area contributed by atoms with Crippen molar-refractivity contribution >= 4 is 16.3 Å². The molecule has 0 aromatic carbocycles. The van der Waals surface area contributed by atoms with Gasteiger partial charge in [-0.2, -0.15) is 0 Å². The van der Waals surface area contributed by atoms with Crippen LogP contribution >= 0.6 is 11.3 Å². The maximum atomic E-state index is 5.82. The summed E-state index contributed by atoms with van der Waals surface area (Å²) >= 11 is 1.69. The molecule has 5 heteroatoms. The molecule has 2 aromatic rings. The van der Waals surface area contributed by atoms with Crippen molar-refractivity contribution in [3.05, 3.63) is 23.5 Å². The van der Waals surface area contributed by atoms with Crippen LogP contribution in [0.5, 0.6) is 0 Å². The van der Waals surface area contributed by atoms with E-state index in [2.05, 4.69) is 39.4 Å². The Kier molecular flexibility index (Phi) is 3.86. The number of imidazole rings is 1. The first kappa shape index (κ1) is 13.1. The molecule has 1 saturated heterocycles. The zero-order chi connectivity index (χ0) is 13.2.